The third kappa shape index (κ3) is 4.25. The van der Waals surface area contributed by atoms with Gasteiger partial charge in [0, 0.05) is 22.5 Å². The lowest BCUT2D eigenvalue weighted by Crippen LogP contribution is -2.20. The zero-order chi connectivity index (χ0) is 18.0. The summed E-state index contributed by atoms with van der Waals surface area (Å²) in [5.41, 5.74) is 0.162. The lowest BCUT2D eigenvalue weighted by Gasteiger charge is -2.11. The first-order chi connectivity index (χ1) is 11.9. The zero-order valence-corrected chi connectivity index (χ0v) is 14.8. The summed E-state index contributed by atoms with van der Waals surface area (Å²) in [4.78, 5) is 23.3. The molecule has 0 unspecified atom stereocenters. The van der Waals surface area contributed by atoms with E-state index in [1.165, 1.54) is 24.3 Å². The molecule has 3 aromatic rings. The molecule has 2 aromatic carbocycles. The highest BCUT2D eigenvalue weighted by molar-refractivity contribution is 6.42. The summed E-state index contributed by atoms with van der Waals surface area (Å²) in [5.74, 6) is -0.0777. The van der Waals surface area contributed by atoms with Crippen molar-refractivity contribution in [2.45, 2.75) is 0 Å². The maximum absolute atomic E-state index is 12.0. The molecule has 0 aliphatic heterocycles. The van der Waals surface area contributed by atoms with E-state index in [9.17, 15) is 9.59 Å². The number of fused-ring (bicyclic) bond motifs is 1. The van der Waals surface area contributed by atoms with Crippen LogP contribution in [-0.4, -0.2) is 12.5 Å². The van der Waals surface area contributed by atoms with Gasteiger partial charge in [0.05, 0.1) is 15.7 Å². The molecule has 1 aromatic heterocycles. The van der Waals surface area contributed by atoms with E-state index in [1.807, 2.05) is 0 Å². The second kappa shape index (κ2) is 7.35. The average molecular weight is 399 g/mol. The Labute approximate surface area is 157 Å². The van der Waals surface area contributed by atoms with E-state index >= 15 is 0 Å². The fourth-order valence-electron chi connectivity index (χ4n) is 2.12. The third-order valence-corrected chi connectivity index (χ3v) is 4.05. The minimum absolute atomic E-state index is 0.221. The van der Waals surface area contributed by atoms with Crippen molar-refractivity contribution in [3.63, 3.8) is 0 Å². The van der Waals surface area contributed by atoms with Crippen molar-refractivity contribution in [1.82, 2.24) is 0 Å². The molecular formula is C17H10Cl3NO4. The van der Waals surface area contributed by atoms with E-state index in [1.54, 1.807) is 18.2 Å². The second-order valence-corrected chi connectivity index (χ2v) is 6.29. The quantitative estimate of drug-likeness (QED) is 0.643. The second-order valence-electron chi connectivity index (χ2n) is 5.04. The Balaban J connectivity index is 1.69. The summed E-state index contributed by atoms with van der Waals surface area (Å²) < 4.78 is 10.5. The molecule has 128 valence electrons. The summed E-state index contributed by atoms with van der Waals surface area (Å²) in [7, 11) is 0. The minimum atomic E-state index is -0.464. The number of hydrogen-bond acceptors (Lipinski definition) is 4. The SMILES string of the molecule is O=C(COc1ccc2ccc(=O)oc2c1)Nc1c(Cl)cc(Cl)cc1Cl. The Morgan fingerprint density at radius 3 is 2.44 bits per heavy atom. The predicted molar refractivity (Wildman–Crippen MR) is 98.1 cm³/mol. The van der Waals surface area contributed by atoms with Crippen LogP contribution in [-0.2, 0) is 4.79 Å². The maximum Gasteiger partial charge on any atom is 0.336 e. The van der Waals surface area contributed by atoms with Gasteiger partial charge in [-0.1, -0.05) is 34.8 Å². The van der Waals surface area contributed by atoms with E-state index < -0.39 is 11.5 Å². The first-order valence-corrected chi connectivity index (χ1v) is 8.17. The highest BCUT2D eigenvalue weighted by Crippen LogP contribution is 2.33. The summed E-state index contributed by atoms with van der Waals surface area (Å²) in [6, 6.07) is 10.8. The normalized spacial score (nSPS) is 10.7. The standard InChI is InChI=1S/C17H10Cl3NO4/c18-10-5-12(19)17(13(20)6-10)21-15(22)8-24-11-3-1-9-2-4-16(23)25-14(9)7-11/h1-7H,8H2,(H,21,22). The minimum Gasteiger partial charge on any atom is -0.484 e. The molecule has 0 spiro atoms. The van der Waals surface area contributed by atoms with E-state index in [2.05, 4.69) is 5.32 Å². The number of amides is 1. The van der Waals surface area contributed by atoms with Gasteiger partial charge in [0.2, 0.25) is 0 Å². The van der Waals surface area contributed by atoms with Gasteiger partial charge < -0.3 is 14.5 Å². The molecule has 0 saturated heterocycles. The van der Waals surface area contributed by atoms with Crippen LogP contribution in [0.1, 0.15) is 0 Å². The lowest BCUT2D eigenvalue weighted by molar-refractivity contribution is -0.118. The lowest BCUT2D eigenvalue weighted by atomic mass is 10.2. The number of halogens is 3. The fourth-order valence-corrected chi connectivity index (χ4v) is 3.03. The average Bonchev–Trinajstić information content (AvgIpc) is 2.55. The smallest absolute Gasteiger partial charge is 0.336 e. The zero-order valence-electron chi connectivity index (χ0n) is 12.5. The van der Waals surface area contributed by atoms with Crippen LogP contribution in [0, 0.1) is 0 Å². The van der Waals surface area contributed by atoms with Gasteiger partial charge in [-0.15, -0.1) is 0 Å². The van der Waals surface area contributed by atoms with E-state index in [0.29, 0.717) is 16.4 Å². The molecule has 8 heteroatoms. The molecule has 1 amide bonds. The van der Waals surface area contributed by atoms with E-state index in [4.69, 9.17) is 44.0 Å². The Morgan fingerprint density at radius 1 is 1.04 bits per heavy atom. The number of anilines is 1. The molecule has 1 N–H and O–H groups in total. The molecule has 0 aliphatic rings. The number of ether oxygens (including phenoxy) is 1. The van der Waals surface area contributed by atoms with Crippen LogP contribution in [0.2, 0.25) is 15.1 Å². The van der Waals surface area contributed by atoms with E-state index in [0.717, 1.165) is 5.39 Å². The van der Waals surface area contributed by atoms with Crippen LogP contribution < -0.4 is 15.7 Å². The number of carbonyl (C=O) groups is 1. The summed E-state index contributed by atoms with van der Waals surface area (Å²) in [5, 5.41) is 4.11. The molecule has 0 fully saturated rings. The van der Waals surface area contributed by atoms with Gasteiger partial charge in [0.1, 0.15) is 11.3 Å². The van der Waals surface area contributed by atoms with Crippen molar-refractivity contribution in [3.8, 4) is 5.75 Å². The summed E-state index contributed by atoms with van der Waals surface area (Å²) >= 11 is 17.8. The van der Waals surface area contributed by atoms with Crippen molar-refractivity contribution < 1.29 is 13.9 Å². The Hall–Kier alpha value is -2.21. The topological polar surface area (TPSA) is 68.5 Å². The Kier molecular flexibility index (Phi) is 5.18. The summed E-state index contributed by atoms with van der Waals surface area (Å²) in [6.07, 6.45) is 0. The van der Waals surface area contributed by atoms with Gasteiger partial charge in [-0.2, -0.15) is 0 Å². The van der Waals surface area contributed by atoms with Crippen LogP contribution in [0.4, 0.5) is 5.69 Å². The molecule has 25 heavy (non-hydrogen) atoms. The molecular weight excluding hydrogens is 389 g/mol. The van der Waals surface area contributed by atoms with Crippen molar-refractivity contribution in [2.24, 2.45) is 0 Å². The first kappa shape index (κ1) is 17.6. The van der Waals surface area contributed by atoms with Crippen LogP contribution in [0.3, 0.4) is 0 Å². The van der Waals surface area contributed by atoms with Crippen LogP contribution in [0.5, 0.6) is 5.75 Å². The number of hydrogen-bond donors (Lipinski definition) is 1. The predicted octanol–water partition coefficient (Wildman–Crippen LogP) is 4.77. The molecule has 1 heterocycles. The molecule has 0 bridgehead atoms. The Morgan fingerprint density at radius 2 is 1.72 bits per heavy atom. The van der Waals surface area contributed by atoms with Crippen molar-refractivity contribution in [1.29, 1.82) is 0 Å². The molecule has 5 nitrogen and oxygen atoms in total. The van der Waals surface area contributed by atoms with Gasteiger partial charge in [-0.3, -0.25) is 4.79 Å². The van der Waals surface area contributed by atoms with Crippen LogP contribution in [0.25, 0.3) is 11.0 Å². The number of rotatable bonds is 4. The highest BCUT2D eigenvalue weighted by atomic mass is 35.5. The first-order valence-electron chi connectivity index (χ1n) is 7.03. The van der Waals surface area contributed by atoms with Crippen LogP contribution in [0.15, 0.2) is 51.7 Å². The maximum atomic E-state index is 12.0. The van der Waals surface area contributed by atoms with Crippen molar-refractivity contribution in [2.75, 3.05) is 11.9 Å². The molecule has 0 atom stereocenters. The van der Waals surface area contributed by atoms with Gasteiger partial charge in [-0.05, 0) is 30.3 Å². The van der Waals surface area contributed by atoms with Gasteiger partial charge in [-0.25, -0.2) is 4.79 Å². The van der Waals surface area contributed by atoms with Gasteiger partial charge in [0.25, 0.3) is 5.91 Å². The molecule has 0 aliphatic carbocycles. The molecule has 0 saturated carbocycles. The van der Waals surface area contributed by atoms with Crippen LogP contribution >= 0.6 is 34.8 Å². The van der Waals surface area contributed by atoms with Crippen molar-refractivity contribution in [3.05, 3.63) is 68.0 Å². The van der Waals surface area contributed by atoms with Gasteiger partial charge >= 0.3 is 5.63 Å². The van der Waals surface area contributed by atoms with Gasteiger partial charge in [0.15, 0.2) is 6.61 Å². The Bertz CT molecular complexity index is 993. The fraction of sp³-hybridized carbons (Fsp3) is 0.0588. The monoisotopic (exact) mass is 397 g/mol. The molecule has 3 rings (SSSR count). The van der Waals surface area contributed by atoms with Crippen molar-refractivity contribution >= 4 is 57.4 Å². The number of carbonyl (C=O) groups excluding carboxylic acids is 1. The number of benzene rings is 2. The third-order valence-electron chi connectivity index (χ3n) is 3.24. The largest absolute Gasteiger partial charge is 0.484 e. The highest BCUT2D eigenvalue weighted by Gasteiger charge is 2.12. The van der Waals surface area contributed by atoms with E-state index in [-0.39, 0.29) is 22.3 Å². The molecule has 0 radical (unpaired) electrons. The number of nitrogens with one attached hydrogen (secondary N) is 1. The summed E-state index contributed by atoms with van der Waals surface area (Å²) in [6.45, 7) is -0.280.